The molecule has 0 aliphatic heterocycles. The fourth-order valence-electron chi connectivity index (χ4n) is 1.99. The Balaban J connectivity index is 1.98. The topological polar surface area (TPSA) is 69.4 Å². The van der Waals surface area contributed by atoms with Gasteiger partial charge < -0.3 is 0 Å². The molecule has 0 aliphatic rings. The van der Waals surface area contributed by atoms with Crippen molar-refractivity contribution in [2.45, 2.75) is 19.8 Å². The summed E-state index contributed by atoms with van der Waals surface area (Å²) in [6.45, 7) is 2.16. The molecule has 0 saturated heterocycles. The number of aromatic nitrogens is 6. The van der Waals surface area contributed by atoms with Crippen molar-refractivity contribution < 1.29 is 0 Å². The van der Waals surface area contributed by atoms with Gasteiger partial charge in [-0.1, -0.05) is 37.6 Å². The molecular formula is C14H13ClN6. The number of hydrogen-bond donors (Lipinski definition) is 0. The molecule has 0 atom stereocenters. The average molecular weight is 301 g/mol. The summed E-state index contributed by atoms with van der Waals surface area (Å²) in [4.78, 5) is 16.5. The molecule has 21 heavy (non-hydrogen) atoms. The van der Waals surface area contributed by atoms with Gasteiger partial charge in [0, 0.05) is 5.56 Å². The summed E-state index contributed by atoms with van der Waals surface area (Å²) in [6, 6.07) is 8.13. The summed E-state index contributed by atoms with van der Waals surface area (Å²) in [5.74, 6) is 0.865. The summed E-state index contributed by atoms with van der Waals surface area (Å²) < 4.78 is 1.45. The normalized spacial score (nSPS) is 10.8. The number of hydrogen-bond acceptors (Lipinski definition) is 5. The van der Waals surface area contributed by atoms with Crippen molar-refractivity contribution in [1.29, 1.82) is 0 Å². The molecule has 2 heterocycles. The first-order chi connectivity index (χ1) is 10.3. The van der Waals surface area contributed by atoms with E-state index in [1.807, 2.05) is 12.1 Å². The third-order valence-electron chi connectivity index (χ3n) is 2.97. The Morgan fingerprint density at radius 3 is 2.57 bits per heavy atom. The number of aryl methyl sites for hydroxylation is 1. The molecule has 0 fully saturated rings. The zero-order valence-corrected chi connectivity index (χ0v) is 12.2. The van der Waals surface area contributed by atoms with Gasteiger partial charge in [0.05, 0.1) is 0 Å². The van der Waals surface area contributed by atoms with E-state index >= 15 is 0 Å². The van der Waals surface area contributed by atoms with Crippen molar-refractivity contribution in [3.8, 4) is 17.3 Å². The van der Waals surface area contributed by atoms with E-state index in [1.54, 1.807) is 0 Å². The van der Waals surface area contributed by atoms with Gasteiger partial charge in [0.1, 0.15) is 12.7 Å². The van der Waals surface area contributed by atoms with Crippen LogP contribution in [0.15, 0.2) is 36.9 Å². The van der Waals surface area contributed by atoms with Gasteiger partial charge in [-0.25, -0.2) is 4.98 Å². The van der Waals surface area contributed by atoms with E-state index in [9.17, 15) is 0 Å². The summed E-state index contributed by atoms with van der Waals surface area (Å²) in [6.07, 6.45) is 5.10. The van der Waals surface area contributed by atoms with Crippen LogP contribution in [0.25, 0.3) is 17.3 Å². The smallest absolute Gasteiger partial charge is 0.223 e. The Bertz CT molecular complexity index is 724. The molecule has 0 N–H and O–H groups in total. The van der Waals surface area contributed by atoms with E-state index in [-0.39, 0.29) is 5.28 Å². The van der Waals surface area contributed by atoms with Crippen molar-refractivity contribution in [2.24, 2.45) is 0 Å². The van der Waals surface area contributed by atoms with Crippen LogP contribution in [0.3, 0.4) is 0 Å². The minimum Gasteiger partial charge on any atom is -0.223 e. The van der Waals surface area contributed by atoms with E-state index in [4.69, 9.17) is 11.6 Å². The minimum absolute atomic E-state index is 0.128. The van der Waals surface area contributed by atoms with Crippen molar-refractivity contribution in [2.75, 3.05) is 0 Å². The standard InChI is InChI=1S/C14H13ClN6/c1-2-3-10-4-6-11(7-5-10)12-18-13(15)20-14(19-12)21-9-16-8-17-21/h4-9H,2-3H2,1H3. The first-order valence-electron chi connectivity index (χ1n) is 6.62. The van der Waals surface area contributed by atoms with E-state index in [2.05, 4.69) is 44.1 Å². The Morgan fingerprint density at radius 2 is 1.90 bits per heavy atom. The average Bonchev–Trinajstić information content (AvgIpc) is 3.02. The number of halogens is 1. The van der Waals surface area contributed by atoms with Crippen LogP contribution in [0.2, 0.25) is 5.28 Å². The highest BCUT2D eigenvalue weighted by molar-refractivity contribution is 6.28. The zero-order chi connectivity index (χ0) is 14.7. The predicted molar refractivity (Wildman–Crippen MR) is 79.2 cm³/mol. The molecule has 106 valence electrons. The van der Waals surface area contributed by atoms with Crippen LogP contribution in [0.5, 0.6) is 0 Å². The van der Waals surface area contributed by atoms with Crippen LogP contribution in [0.1, 0.15) is 18.9 Å². The maximum Gasteiger partial charge on any atom is 0.256 e. The van der Waals surface area contributed by atoms with Gasteiger partial charge in [-0.15, -0.1) is 0 Å². The van der Waals surface area contributed by atoms with E-state index in [1.165, 1.54) is 22.9 Å². The van der Waals surface area contributed by atoms with Gasteiger partial charge in [-0.3, -0.25) is 0 Å². The maximum absolute atomic E-state index is 5.97. The van der Waals surface area contributed by atoms with Gasteiger partial charge in [0.25, 0.3) is 5.95 Å². The van der Waals surface area contributed by atoms with Crippen LogP contribution in [-0.2, 0) is 6.42 Å². The molecule has 0 amide bonds. The lowest BCUT2D eigenvalue weighted by atomic mass is 10.1. The lowest BCUT2D eigenvalue weighted by Gasteiger charge is -2.05. The highest BCUT2D eigenvalue weighted by Gasteiger charge is 2.09. The number of benzene rings is 1. The molecule has 3 rings (SSSR count). The molecule has 0 unspecified atom stereocenters. The predicted octanol–water partition coefficient (Wildman–Crippen LogP) is 2.73. The van der Waals surface area contributed by atoms with Gasteiger partial charge in [-0.05, 0) is 23.6 Å². The minimum atomic E-state index is 0.128. The molecule has 1 aromatic carbocycles. The van der Waals surface area contributed by atoms with Crippen molar-refractivity contribution >= 4 is 11.6 Å². The van der Waals surface area contributed by atoms with E-state index in [0.717, 1.165) is 18.4 Å². The highest BCUT2D eigenvalue weighted by Crippen LogP contribution is 2.18. The lowest BCUT2D eigenvalue weighted by molar-refractivity contribution is 0.796. The van der Waals surface area contributed by atoms with Crippen LogP contribution < -0.4 is 0 Å². The molecule has 6 nitrogen and oxygen atoms in total. The molecule has 3 aromatic rings. The molecule has 0 spiro atoms. The van der Waals surface area contributed by atoms with Gasteiger partial charge in [0.15, 0.2) is 5.82 Å². The number of nitrogens with zero attached hydrogens (tertiary/aromatic N) is 6. The van der Waals surface area contributed by atoms with Crippen LogP contribution in [-0.4, -0.2) is 29.7 Å². The summed E-state index contributed by atoms with van der Waals surface area (Å²) in [5, 5.41) is 4.12. The van der Waals surface area contributed by atoms with Crippen molar-refractivity contribution in [3.05, 3.63) is 47.8 Å². The fourth-order valence-corrected chi connectivity index (χ4v) is 2.15. The van der Waals surface area contributed by atoms with Crippen molar-refractivity contribution in [3.63, 3.8) is 0 Å². The lowest BCUT2D eigenvalue weighted by Crippen LogP contribution is -2.05. The Hall–Kier alpha value is -2.34. The largest absolute Gasteiger partial charge is 0.256 e. The first-order valence-corrected chi connectivity index (χ1v) is 7.00. The van der Waals surface area contributed by atoms with Crippen LogP contribution in [0, 0.1) is 0 Å². The third-order valence-corrected chi connectivity index (χ3v) is 3.14. The maximum atomic E-state index is 5.97. The molecular weight excluding hydrogens is 288 g/mol. The summed E-state index contributed by atoms with van der Waals surface area (Å²) in [5.41, 5.74) is 2.18. The molecule has 0 aliphatic carbocycles. The molecule has 2 aromatic heterocycles. The first kappa shape index (κ1) is 13.6. The molecule has 7 heteroatoms. The van der Waals surface area contributed by atoms with Gasteiger partial charge in [-0.2, -0.15) is 24.7 Å². The second-order valence-electron chi connectivity index (χ2n) is 4.52. The molecule has 0 radical (unpaired) electrons. The van der Waals surface area contributed by atoms with E-state index in [0.29, 0.717) is 11.8 Å². The summed E-state index contributed by atoms with van der Waals surface area (Å²) >= 11 is 5.97. The SMILES string of the molecule is CCCc1ccc(-c2nc(Cl)nc(-n3cncn3)n2)cc1. The van der Waals surface area contributed by atoms with Crippen LogP contribution in [0.4, 0.5) is 0 Å². The molecule has 0 saturated carbocycles. The fraction of sp³-hybridized carbons (Fsp3) is 0.214. The van der Waals surface area contributed by atoms with Crippen molar-refractivity contribution in [1.82, 2.24) is 29.7 Å². The summed E-state index contributed by atoms with van der Waals surface area (Å²) in [7, 11) is 0. The second-order valence-corrected chi connectivity index (χ2v) is 4.85. The Labute approximate surface area is 126 Å². The Kier molecular flexibility index (Phi) is 3.87. The monoisotopic (exact) mass is 300 g/mol. The third kappa shape index (κ3) is 3.05. The Morgan fingerprint density at radius 1 is 1.10 bits per heavy atom. The quantitative estimate of drug-likeness (QED) is 0.741. The van der Waals surface area contributed by atoms with Crippen LogP contribution >= 0.6 is 11.6 Å². The highest BCUT2D eigenvalue weighted by atomic mass is 35.5. The number of rotatable bonds is 4. The molecule has 0 bridgehead atoms. The second kappa shape index (κ2) is 5.97. The van der Waals surface area contributed by atoms with Gasteiger partial charge >= 0.3 is 0 Å². The zero-order valence-electron chi connectivity index (χ0n) is 11.4. The van der Waals surface area contributed by atoms with Gasteiger partial charge in [0.2, 0.25) is 5.28 Å². The van der Waals surface area contributed by atoms with E-state index < -0.39 is 0 Å².